The molecule has 0 spiro atoms. The van der Waals surface area contributed by atoms with Crippen molar-refractivity contribution in [2.24, 2.45) is 0 Å². The molecule has 0 aromatic carbocycles. The zero-order chi connectivity index (χ0) is 9.26. The first-order chi connectivity index (χ1) is 6.33. The molecule has 13 heavy (non-hydrogen) atoms. The van der Waals surface area contributed by atoms with E-state index in [0.717, 1.165) is 16.5 Å². The topological polar surface area (TPSA) is 51.8 Å². The third-order valence-corrected chi connectivity index (χ3v) is 1.94. The van der Waals surface area contributed by atoms with Crippen LogP contribution in [0, 0.1) is 0 Å². The average molecular weight is 171 g/mol. The lowest BCUT2D eigenvalue weighted by molar-refractivity contribution is 1.31. The van der Waals surface area contributed by atoms with Crippen molar-refractivity contribution in [1.82, 2.24) is 9.97 Å². The van der Waals surface area contributed by atoms with Gasteiger partial charge in [-0.25, -0.2) is 4.98 Å². The van der Waals surface area contributed by atoms with Crippen molar-refractivity contribution >= 4 is 22.8 Å². The minimum Gasteiger partial charge on any atom is -0.382 e. The van der Waals surface area contributed by atoms with Gasteiger partial charge in [0.15, 0.2) is 0 Å². The van der Waals surface area contributed by atoms with Crippen LogP contribution < -0.4 is 5.73 Å². The fraction of sp³-hybridized carbons (Fsp3) is 0. The molecule has 0 aliphatic carbocycles. The standard InChI is InChI=1S/C10H9N3/c1-2-7-3-5-12-9-8(7)4-6-13-10(9)11/h2-6H,1H2,(H2,11,13). The number of pyridine rings is 2. The van der Waals surface area contributed by atoms with Gasteiger partial charge in [-0.05, 0) is 17.7 Å². The molecule has 2 aromatic rings. The van der Waals surface area contributed by atoms with Gasteiger partial charge in [-0.15, -0.1) is 0 Å². The summed E-state index contributed by atoms with van der Waals surface area (Å²) in [5.41, 5.74) is 7.43. The quantitative estimate of drug-likeness (QED) is 0.712. The normalized spacial score (nSPS) is 10.2. The van der Waals surface area contributed by atoms with Crippen LogP contribution in [0.25, 0.3) is 17.0 Å². The Balaban J connectivity index is 2.92. The van der Waals surface area contributed by atoms with Gasteiger partial charge in [0.25, 0.3) is 0 Å². The van der Waals surface area contributed by atoms with E-state index in [1.807, 2.05) is 12.1 Å². The van der Waals surface area contributed by atoms with Gasteiger partial charge in [0.1, 0.15) is 11.3 Å². The predicted molar refractivity (Wildman–Crippen MR) is 54.0 cm³/mol. The van der Waals surface area contributed by atoms with Crippen molar-refractivity contribution in [2.45, 2.75) is 0 Å². The van der Waals surface area contributed by atoms with E-state index in [0.29, 0.717) is 5.82 Å². The van der Waals surface area contributed by atoms with E-state index < -0.39 is 0 Å². The number of hydrogen-bond donors (Lipinski definition) is 1. The van der Waals surface area contributed by atoms with Gasteiger partial charge in [0.2, 0.25) is 0 Å². The molecule has 0 atom stereocenters. The summed E-state index contributed by atoms with van der Waals surface area (Å²) in [6.45, 7) is 3.72. The van der Waals surface area contributed by atoms with E-state index in [2.05, 4.69) is 16.5 Å². The van der Waals surface area contributed by atoms with Crippen LogP contribution in [-0.2, 0) is 0 Å². The first-order valence-corrected chi connectivity index (χ1v) is 3.94. The van der Waals surface area contributed by atoms with E-state index in [1.54, 1.807) is 18.5 Å². The third-order valence-electron chi connectivity index (χ3n) is 1.94. The molecule has 0 amide bonds. The Morgan fingerprint density at radius 2 is 2.00 bits per heavy atom. The number of hydrogen-bond acceptors (Lipinski definition) is 3. The molecule has 2 aromatic heterocycles. The molecule has 2 N–H and O–H groups in total. The minimum absolute atomic E-state index is 0.459. The summed E-state index contributed by atoms with van der Waals surface area (Å²) in [6, 6.07) is 3.78. The Hall–Kier alpha value is -1.90. The molecule has 64 valence electrons. The number of nitrogens with two attached hydrogens (primary N) is 1. The summed E-state index contributed by atoms with van der Waals surface area (Å²) in [5.74, 6) is 0.459. The van der Waals surface area contributed by atoms with Gasteiger partial charge in [-0.1, -0.05) is 12.7 Å². The average Bonchev–Trinajstić information content (AvgIpc) is 2.18. The smallest absolute Gasteiger partial charge is 0.149 e. The Morgan fingerprint density at radius 1 is 1.23 bits per heavy atom. The van der Waals surface area contributed by atoms with Crippen molar-refractivity contribution in [3.63, 3.8) is 0 Å². The van der Waals surface area contributed by atoms with Crippen molar-refractivity contribution in [1.29, 1.82) is 0 Å². The Kier molecular flexibility index (Phi) is 1.70. The molecule has 2 rings (SSSR count). The highest BCUT2D eigenvalue weighted by Gasteiger charge is 2.01. The fourth-order valence-corrected chi connectivity index (χ4v) is 1.30. The molecule has 0 unspecified atom stereocenters. The maximum Gasteiger partial charge on any atom is 0.149 e. The Labute approximate surface area is 75.9 Å². The van der Waals surface area contributed by atoms with Gasteiger partial charge in [0, 0.05) is 17.8 Å². The molecular weight excluding hydrogens is 162 g/mol. The van der Waals surface area contributed by atoms with E-state index in [9.17, 15) is 0 Å². The highest BCUT2D eigenvalue weighted by Crippen LogP contribution is 2.20. The number of rotatable bonds is 1. The number of nitrogen functional groups attached to an aromatic ring is 1. The molecule has 0 saturated heterocycles. The number of nitrogens with zero attached hydrogens (tertiary/aromatic N) is 2. The maximum atomic E-state index is 5.67. The van der Waals surface area contributed by atoms with Gasteiger partial charge in [0.05, 0.1) is 0 Å². The Morgan fingerprint density at radius 3 is 2.77 bits per heavy atom. The predicted octanol–water partition coefficient (Wildman–Crippen LogP) is 1.86. The molecular formula is C10H9N3. The number of anilines is 1. The van der Waals surface area contributed by atoms with Crippen molar-refractivity contribution in [3.05, 3.63) is 36.7 Å². The van der Waals surface area contributed by atoms with Crippen LogP contribution in [0.1, 0.15) is 5.56 Å². The fourth-order valence-electron chi connectivity index (χ4n) is 1.30. The van der Waals surface area contributed by atoms with Crippen LogP contribution in [0.5, 0.6) is 0 Å². The summed E-state index contributed by atoms with van der Waals surface area (Å²) >= 11 is 0. The molecule has 0 fully saturated rings. The first-order valence-electron chi connectivity index (χ1n) is 3.94. The second-order valence-electron chi connectivity index (χ2n) is 2.70. The minimum atomic E-state index is 0.459. The number of aromatic nitrogens is 2. The second-order valence-corrected chi connectivity index (χ2v) is 2.70. The number of fused-ring (bicyclic) bond motifs is 1. The van der Waals surface area contributed by atoms with Crippen molar-refractivity contribution in [2.75, 3.05) is 5.73 Å². The molecule has 0 aliphatic rings. The van der Waals surface area contributed by atoms with Gasteiger partial charge >= 0.3 is 0 Å². The van der Waals surface area contributed by atoms with Crippen molar-refractivity contribution < 1.29 is 0 Å². The van der Waals surface area contributed by atoms with Gasteiger partial charge < -0.3 is 5.73 Å². The van der Waals surface area contributed by atoms with Gasteiger partial charge in [-0.3, -0.25) is 4.98 Å². The summed E-state index contributed by atoms with van der Waals surface area (Å²) in [6.07, 6.45) is 5.16. The van der Waals surface area contributed by atoms with Crippen LogP contribution >= 0.6 is 0 Å². The van der Waals surface area contributed by atoms with Crippen LogP contribution in [0.15, 0.2) is 31.1 Å². The SMILES string of the molecule is C=Cc1ccnc2c(N)nccc12. The summed E-state index contributed by atoms with van der Waals surface area (Å²) in [5, 5.41) is 0.991. The molecule has 0 radical (unpaired) electrons. The first kappa shape index (κ1) is 7.73. The lowest BCUT2D eigenvalue weighted by Gasteiger charge is -2.01. The summed E-state index contributed by atoms with van der Waals surface area (Å²) in [7, 11) is 0. The van der Waals surface area contributed by atoms with E-state index in [-0.39, 0.29) is 0 Å². The largest absolute Gasteiger partial charge is 0.382 e. The lowest BCUT2D eigenvalue weighted by atomic mass is 10.1. The van der Waals surface area contributed by atoms with Crippen LogP contribution in [-0.4, -0.2) is 9.97 Å². The van der Waals surface area contributed by atoms with E-state index in [1.165, 1.54) is 0 Å². The molecule has 2 heterocycles. The van der Waals surface area contributed by atoms with Crippen LogP contribution in [0.2, 0.25) is 0 Å². The highest BCUT2D eigenvalue weighted by atomic mass is 14.9. The summed E-state index contributed by atoms with van der Waals surface area (Å²) in [4.78, 5) is 8.12. The van der Waals surface area contributed by atoms with E-state index >= 15 is 0 Å². The Bertz CT molecular complexity index is 463. The molecule has 3 heteroatoms. The zero-order valence-corrected chi connectivity index (χ0v) is 7.07. The van der Waals surface area contributed by atoms with Gasteiger partial charge in [-0.2, -0.15) is 0 Å². The monoisotopic (exact) mass is 171 g/mol. The zero-order valence-electron chi connectivity index (χ0n) is 7.07. The van der Waals surface area contributed by atoms with Crippen molar-refractivity contribution in [3.8, 4) is 0 Å². The van der Waals surface area contributed by atoms with E-state index in [4.69, 9.17) is 5.73 Å². The van der Waals surface area contributed by atoms with Crippen LogP contribution in [0.4, 0.5) is 5.82 Å². The molecule has 0 aliphatic heterocycles. The molecule has 3 nitrogen and oxygen atoms in total. The highest BCUT2D eigenvalue weighted by molar-refractivity contribution is 5.92. The van der Waals surface area contributed by atoms with Crippen LogP contribution in [0.3, 0.4) is 0 Å². The molecule has 0 bridgehead atoms. The molecule has 0 saturated carbocycles. The third kappa shape index (κ3) is 1.14. The summed E-state index contributed by atoms with van der Waals surface area (Å²) < 4.78 is 0. The lowest BCUT2D eigenvalue weighted by Crippen LogP contribution is -1.93. The maximum absolute atomic E-state index is 5.67. The second kappa shape index (κ2) is 2.86.